The first kappa shape index (κ1) is 13.1. The summed E-state index contributed by atoms with van der Waals surface area (Å²) in [5, 5.41) is 8.91. The zero-order chi connectivity index (χ0) is 14.1. The molecule has 1 aliphatic carbocycles. The molecule has 1 amide bonds. The fourth-order valence-corrected chi connectivity index (χ4v) is 2.79. The zero-order valence-corrected chi connectivity index (χ0v) is 12.3. The van der Waals surface area contributed by atoms with Crippen LogP contribution in [0.5, 0.6) is 0 Å². The van der Waals surface area contributed by atoms with E-state index in [2.05, 4.69) is 20.6 Å². The Morgan fingerprint density at radius 2 is 2.30 bits per heavy atom. The van der Waals surface area contributed by atoms with Gasteiger partial charge in [0.15, 0.2) is 0 Å². The Labute approximate surface area is 121 Å². The highest BCUT2D eigenvalue weighted by Gasteiger charge is 2.24. The molecule has 2 aromatic heterocycles. The third kappa shape index (κ3) is 2.67. The molecule has 3 rings (SSSR count). The van der Waals surface area contributed by atoms with Crippen LogP contribution in [0.3, 0.4) is 0 Å². The van der Waals surface area contributed by atoms with Crippen LogP contribution in [0, 0.1) is 0 Å². The molecule has 0 bridgehead atoms. The van der Waals surface area contributed by atoms with Gasteiger partial charge in [-0.1, -0.05) is 0 Å². The molecule has 2 N–H and O–H groups in total. The molecular weight excluding hydrogens is 274 g/mol. The Hall–Kier alpha value is -1.89. The lowest BCUT2D eigenvalue weighted by molar-refractivity contribution is -0.119. The number of fused-ring (bicyclic) bond motifs is 1. The highest BCUT2D eigenvalue weighted by atomic mass is 32.1. The molecule has 0 spiro atoms. The van der Waals surface area contributed by atoms with Crippen molar-refractivity contribution in [1.82, 2.24) is 15.3 Å². The molecule has 0 saturated heterocycles. The van der Waals surface area contributed by atoms with E-state index in [1.54, 1.807) is 18.4 Å². The van der Waals surface area contributed by atoms with Gasteiger partial charge in [0.1, 0.15) is 10.6 Å². The van der Waals surface area contributed by atoms with E-state index < -0.39 is 0 Å². The molecule has 7 heteroatoms. The summed E-state index contributed by atoms with van der Waals surface area (Å²) in [4.78, 5) is 23.6. The van der Waals surface area contributed by atoms with E-state index in [-0.39, 0.29) is 5.91 Å². The number of likely N-dealkylation sites (N-methyl/N-ethyl adjacent to an activating group) is 1. The van der Waals surface area contributed by atoms with E-state index in [0.29, 0.717) is 18.5 Å². The van der Waals surface area contributed by atoms with Crippen molar-refractivity contribution in [1.29, 1.82) is 0 Å². The van der Waals surface area contributed by atoms with Crippen molar-refractivity contribution in [3.8, 4) is 0 Å². The van der Waals surface area contributed by atoms with Gasteiger partial charge in [0.05, 0.1) is 11.9 Å². The quantitative estimate of drug-likeness (QED) is 0.872. The van der Waals surface area contributed by atoms with Gasteiger partial charge in [-0.25, -0.2) is 4.98 Å². The Morgan fingerprint density at radius 1 is 1.50 bits per heavy atom. The van der Waals surface area contributed by atoms with Crippen molar-refractivity contribution in [3.05, 3.63) is 11.4 Å². The Bertz CT molecular complexity index is 637. The summed E-state index contributed by atoms with van der Waals surface area (Å²) in [7, 11) is 3.67. The van der Waals surface area contributed by atoms with Gasteiger partial charge in [-0.05, 0) is 24.3 Å². The fraction of sp³-hybridized carbons (Fsp3) is 0.462. The molecule has 20 heavy (non-hydrogen) atoms. The molecule has 1 fully saturated rings. The molecular formula is C13H17N5OS. The molecule has 6 nitrogen and oxygen atoms in total. The van der Waals surface area contributed by atoms with Crippen LogP contribution in [-0.2, 0) is 4.79 Å². The number of hydrogen-bond donors (Lipinski definition) is 2. The summed E-state index contributed by atoms with van der Waals surface area (Å²) in [6.07, 6.45) is 2.20. The van der Waals surface area contributed by atoms with Crippen LogP contribution in [-0.4, -0.2) is 42.6 Å². The zero-order valence-electron chi connectivity index (χ0n) is 11.5. The van der Waals surface area contributed by atoms with Crippen molar-refractivity contribution in [2.75, 3.05) is 30.9 Å². The monoisotopic (exact) mass is 291 g/mol. The minimum absolute atomic E-state index is 0.0444. The van der Waals surface area contributed by atoms with Crippen LogP contribution in [0.4, 0.5) is 11.8 Å². The van der Waals surface area contributed by atoms with Gasteiger partial charge in [0.25, 0.3) is 0 Å². The lowest BCUT2D eigenvalue weighted by Gasteiger charge is -2.19. The summed E-state index contributed by atoms with van der Waals surface area (Å²) < 4.78 is 0. The van der Waals surface area contributed by atoms with Gasteiger partial charge in [-0.2, -0.15) is 4.98 Å². The van der Waals surface area contributed by atoms with Gasteiger partial charge in [0.2, 0.25) is 11.9 Å². The number of carbonyl (C=O) groups is 1. The number of nitrogens with one attached hydrogen (secondary N) is 2. The highest BCUT2D eigenvalue weighted by molar-refractivity contribution is 7.16. The highest BCUT2D eigenvalue weighted by Crippen LogP contribution is 2.28. The van der Waals surface area contributed by atoms with E-state index >= 15 is 0 Å². The van der Waals surface area contributed by atoms with Gasteiger partial charge in [0, 0.05) is 20.1 Å². The first-order chi connectivity index (χ1) is 9.67. The van der Waals surface area contributed by atoms with Gasteiger partial charge < -0.3 is 15.5 Å². The molecule has 2 aromatic rings. The Morgan fingerprint density at radius 3 is 3.00 bits per heavy atom. The van der Waals surface area contributed by atoms with Crippen LogP contribution in [0.25, 0.3) is 10.2 Å². The van der Waals surface area contributed by atoms with Crippen molar-refractivity contribution in [2.45, 2.75) is 18.9 Å². The maximum Gasteiger partial charge on any atom is 0.239 e. The number of carbonyl (C=O) groups excluding carboxylic acids is 1. The van der Waals surface area contributed by atoms with Crippen molar-refractivity contribution < 1.29 is 4.79 Å². The topological polar surface area (TPSA) is 70.2 Å². The van der Waals surface area contributed by atoms with Crippen LogP contribution < -0.4 is 15.5 Å². The predicted octanol–water partition coefficient (Wildman–Crippen LogP) is 1.45. The summed E-state index contributed by atoms with van der Waals surface area (Å²) in [5.74, 6) is 1.40. The Balaban J connectivity index is 1.83. The average Bonchev–Trinajstić information content (AvgIpc) is 3.11. The second-order valence-electron chi connectivity index (χ2n) is 4.96. The minimum Gasteiger partial charge on any atom is -0.357 e. The standard InChI is InChI=1S/C13H17N5OS/c1-14-13-16-11(9-5-6-20-12(9)17-13)18(2)7-10(19)15-8-3-4-8/h5-6,8H,3-4,7H2,1-2H3,(H,15,19)(H,14,16,17). The first-order valence-electron chi connectivity index (χ1n) is 6.61. The summed E-state index contributed by atoms with van der Waals surface area (Å²) in [5.41, 5.74) is 0. The maximum absolute atomic E-state index is 11.9. The van der Waals surface area contributed by atoms with Crippen molar-refractivity contribution >= 4 is 39.2 Å². The van der Waals surface area contributed by atoms with E-state index in [9.17, 15) is 4.79 Å². The normalized spacial score (nSPS) is 14.3. The van der Waals surface area contributed by atoms with Crippen LogP contribution in [0.1, 0.15) is 12.8 Å². The Kier molecular flexibility index (Phi) is 3.43. The molecule has 0 aromatic carbocycles. The molecule has 1 aliphatic rings. The van der Waals surface area contributed by atoms with Gasteiger partial charge in [-0.15, -0.1) is 11.3 Å². The van der Waals surface area contributed by atoms with Crippen LogP contribution in [0.15, 0.2) is 11.4 Å². The number of hydrogen-bond acceptors (Lipinski definition) is 6. The maximum atomic E-state index is 11.9. The van der Waals surface area contributed by atoms with E-state index in [1.165, 1.54) is 0 Å². The number of rotatable bonds is 5. The lowest BCUT2D eigenvalue weighted by atomic mass is 10.3. The minimum atomic E-state index is 0.0444. The number of anilines is 2. The van der Waals surface area contributed by atoms with Gasteiger partial charge in [-0.3, -0.25) is 4.79 Å². The average molecular weight is 291 g/mol. The smallest absolute Gasteiger partial charge is 0.239 e. The number of amides is 1. The van der Waals surface area contributed by atoms with E-state index in [1.807, 2.05) is 23.4 Å². The molecule has 1 saturated carbocycles. The van der Waals surface area contributed by atoms with Crippen LogP contribution >= 0.6 is 11.3 Å². The third-order valence-electron chi connectivity index (χ3n) is 3.21. The molecule has 0 radical (unpaired) electrons. The van der Waals surface area contributed by atoms with E-state index in [0.717, 1.165) is 28.9 Å². The number of nitrogens with zero attached hydrogens (tertiary/aromatic N) is 3. The summed E-state index contributed by atoms with van der Waals surface area (Å²) in [6, 6.07) is 2.37. The molecule has 0 atom stereocenters. The van der Waals surface area contributed by atoms with E-state index in [4.69, 9.17) is 0 Å². The SMILES string of the molecule is CNc1nc(N(C)CC(=O)NC2CC2)c2ccsc2n1. The first-order valence-corrected chi connectivity index (χ1v) is 7.49. The largest absolute Gasteiger partial charge is 0.357 e. The lowest BCUT2D eigenvalue weighted by Crippen LogP contribution is -2.36. The molecule has 2 heterocycles. The predicted molar refractivity (Wildman–Crippen MR) is 81.4 cm³/mol. The fourth-order valence-electron chi connectivity index (χ4n) is 2.03. The van der Waals surface area contributed by atoms with Crippen molar-refractivity contribution in [3.63, 3.8) is 0 Å². The van der Waals surface area contributed by atoms with Gasteiger partial charge >= 0.3 is 0 Å². The summed E-state index contributed by atoms with van der Waals surface area (Å²) in [6.45, 7) is 0.307. The molecule has 0 unspecified atom stereocenters. The second-order valence-corrected chi connectivity index (χ2v) is 5.85. The molecule has 0 aliphatic heterocycles. The third-order valence-corrected chi connectivity index (χ3v) is 4.02. The van der Waals surface area contributed by atoms with Crippen LogP contribution in [0.2, 0.25) is 0 Å². The number of aromatic nitrogens is 2. The number of thiophene rings is 1. The summed E-state index contributed by atoms with van der Waals surface area (Å²) >= 11 is 1.57. The second kappa shape index (κ2) is 5.24. The van der Waals surface area contributed by atoms with Crippen molar-refractivity contribution in [2.24, 2.45) is 0 Å². The molecule has 106 valence electrons.